The van der Waals surface area contributed by atoms with Crippen LogP contribution in [0.3, 0.4) is 0 Å². The standard InChI is InChI=1S/C17H12F3N3O2/c18-17(19,20)10-23-8-7-21-15(23)6-4-13-3-1-11-9-12(16(24)25)2-5-14(11)22-13/h1-9H,10H2,(H,24,25)/b6-4+. The van der Waals surface area contributed by atoms with Gasteiger partial charge < -0.3 is 9.67 Å². The first kappa shape index (κ1) is 16.7. The van der Waals surface area contributed by atoms with Crippen molar-refractivity contribution in [2.75, 3.05) is 0 Å². The Morgan fingerprint density at radius 3 is 2.72 bits per heavy atom. The lowest BCUT2D eigenvalue weighted by atomic mass is 10.1. The molecule has 0 saturated carbocycles. The van der Waals surface area contributed by atoms with E-state index in [4.69, 9.17) is 5.11 Å². The predicted octanol–water partition coefficient (Wildman–Crippen LogP) is 3.86. The highest BCUT2D eigenvalue weighted by atomic mass is 19.4. The van der Waals surface area contributed by atoms with Crippen molar-refractivity contribution < 1.29 is 23.1 Å². The number of hydrogen-bond acceptors (Lipinski definition) is 3. The molecule has 0 aliphatic rings. The van der Waals surface area contributed by atoms with E-state index in [2.05, 4.69) is 9.97 Å². The number of hydrogen-bond donors (Lipinski definition) is 1. The second kappa shape index (κ2) is 6.39. The van der Waals surface area contributed by atoms with Gasteiger partial charge in [-0.25, -0.2) is 14.8 Å². The first-order valence-electron chi connectivity index (χ1n) is 7.22. The SMILES string of the molecule is O=C(O)c1ccc2nc(/C=C/c3nccn3CC(F)(F)F)ccc2c1. The largest absolute Gasteiger partial charge is 0.478 e. The fourth-order valence-corrected chi connectivity index (χ4v) is 2.33. The molecule has 3 rings (SSSR count). The lowest BCUT2D eigenvalue weighted by molar-refractivity contribution is -0.140. The minimum absolute atomic E-state index is 0.159. The van der Waals surface area contributed by atoms with Crippen LogP contribution < -0.4 is 0 Å². The molecule has 0 unspecified atom stereocenters. The number of carboxylic acid groups (broad SMARTS) is 1. The molecule has 3 aromatic rings. The van der Waals surface area contributed by atoms with Crippen LogP contribution in [0.1, 0.15) is 21.9 Å². The fraction of sp³-hybridized carbons (Fsp3) is 0.118. The average molecular weight is 347 g/mol. The summed E-state index contributed by atoms with van der Waals surface area (Å²) in [6.45, 7) is -1.12. The number of carboxylic acids is 1. The van der Waals surface area contributed by atoms with Gasteiger partial charge in [-0.15, -0.1) is 0 Å². The van der Waals surface area contributed by atoms with Crippen molar-refractivity contribution in [3.05, 3.63) is 59.8 Å². The van der Waals surface area contributed by atoms with Crippen molar-refractivity contribution in [2.24, 2.45) is 0 Å². The number of nitrogens with zero attached hydrogens (tertiary/aromatic N) is 3. The van der Waals surface area contributed by atoms with E-state index < -0.39 is 18.7 Å². The third-order valence-corrected chi connectivity index (χ3v) is 3.46. The Morgan fingerprint density at radius 2 is 2.00 bits per heavy atom. The van der Waals surface area contributed by atoms with E-state index in [1.54, 1.807) is 24.3 Å². The Balaban J connectivity index is 1.86. The molecule has 25 heavy (non-hydrogen) atoms. The zero-order valence-electron chi connectivity index (χ0n) is 12.7. The van der Waals surface area contributed by atoms with E-state index in [1.807, 2.05) is 0 Å². The quantitative estimate of drug-likeness (QED) is 0.778. The van der Waals surface area contributed by atoms with Crippen LogP contribution in [0.4, 0.5) is 13.2 Å². The number of aromatic carboxylic acids is 1. The van der Waals surface area contributed by atoms with Crippen LogP contribution in [0.2, 0.25) is 0 Å². The number of imidazole rings is 1. The molecule has 2 aromatic heterocycles. The van der Waals surface area contributed by atoms with E-state index in [-0.39, 0.29) is 11.4 Å². The summed E-state index contributed by atoms with van der Waals surface area (Å²) in [5, 5.41) is 9.64. The molecule has 1 aromatic carbocycles. The normalized spacial score (nSPS) is 12.1. The van der Waals surface area contributed by atoms with Gasteiger partial charge >= 0.3 is 12.1 Å². The Kier molecular flexibility index (Phi) is 4.26. The molecule has 0 aliphatic carbocycles. The van der Waals surface area contributed by atoms with Crippen molar-refractivity contribution in [2.45, 2.75) is 12.7 Å². The lowest BCUT2D eigenvalue weighted by Crippen LogP contribution is -2.17. The van der Waals surface area contributed by atoms with Crippen LogP contribution >= 0.6 is 0 Å². The molecule has 0 radical (unpaired) electrons. The monoisotopic (exact) mass is 347 g/mol. The number of alkyl halides is 3. The minimum Gasteiger partial charge on any atom is -0.478 e. The van der Waals surface area contributed by atoms with Gasteiger partial charge in [-0.3, -0.25) is 0 Å². The number of fused-ring (bicyclic) bond motifs is 1. The third-order valence-electron chi connectivity index (χ3n) is 3.46. The molecule has 128 valence electrons. The van der Waals surface area contributed by atoms with Gasteiger partial charge in [0.25, 0.3) is 0 Å². The Labute approximate surface area is 140 Å². The Bertz CT molecular complexity index is 961. The summed E-state index contributed by atoms with van der Waals surface area (Å²) in [6.07, 6.45) is 1.23. The predicted molar refractivity (Wildman–Crippen MR) is 85.9 cm³/mol. The molecule has 0 spiro atoms. The maximum Gasteiger partial charge on any atom is 0.406 e. The molecule has 0 aliphatic heterocycles. The van der Waals surface area contributed by atoms with E-state index in [1.165, 1.54) is 30.6 Å². The van der Waals surface area contributed by atoms with Gasteiger partial charge in [0.15, 0.2) is 0 Å². The number of carbonyl (C=O) groups is 1. The number of halogens is 3. The zero-order chi connectivity index (χ0) is 18.0. The second-order valence-corrected chi connectivity index (χ2v) is 5.31. The molecule has 1 N–H and O–H groups in total. The molecule has 0 fully saturated rings. The molecule has 2 heterocycles. The highest BCUT2D eigenvalue weighted by Crippen LogP contribution is 2.19. The molecule has 5 nitrogen and oxygen atoms in total. The summed E-state index contributed by atoms with van der Waals surface area (Å²) >= 11 is 0. The molecule has 0 atom stereocenters. The summed E-state index contributed by atoms with van der Waals surface area (Å²) < 4.78 is 38.5. The zero-order valence-corrected chi connectivity index (χ0v) is 12.7. The topological polar surface area (TPSA) is 68.0 Å². The average Bonchev–Trinajstić information content (AvgIpc) is 2.97. The van der Waals surface area contributed by atoms with Gasteiger partial charge in [-0.05, 0) is 36.4 Å². The lowest BCUT2D eigenvalue weighted by Gasteiger charge is -2.08. The second-order valence-electron chi connectivity index (χ2n) is 5.31. The van der Waals surface area contributed by atoms with Crippen molar-refractivity contribution in [1.29, 1.82) is 0 Å². The first-order chi connectivity index (χ1) is 11.8. The summed E-state index contributed by atoms with van der Waals surface area (Å²) in [5.74, 6) is -0.858. The van der Waals surface area contributed by atoms with Crippen LogP contribution in [0.25, 0.3) is 23.1 Å². The summed E-state index contributed by atoms with van der Waals surface area (Å²) in [6, 6.07) is 7.90. The van der Waals surface area contributed by atoms with Crippen LogP contribution in [0.5, 0.6) is 0 Å². The van der Waals surface area contributed by atoms with Crippen LogP contribution in [0, 0.1) is 0 Å². The van der Waals surface area contributed by atoms with Crippen LogP contribution in [-0.4, -0.2) is 31.8 Å². The third kappa shape index (κ3) is 4.03. The van der Waals surface area contributed by atoms with Gasteiger partial charge in [0.2, 0.25) is 0 Å². The number of benzene rings is 1. The van der Waals surface area contributed by atoms with E-state index in [9.17, 15) is 18.0 Å². The number of pyridine rings is 1. The van der Waals surface area contributed by atoms with Gasteiger partial charge in [0, 0.05) is 17.8 Å². The molecule has 0 amide bonds. The highest BCUT2D eigenvalue weighted by molar-refractivity contribution is 5.93. The van der Waals surface area contributed by atoms with E-state index in [0.717, 1.165) is 4.57 Å². The molecular formula is C17H12F3N3O2. The van der Waals surface area contributed by atoms with Crippen molar-refractivity contribution in [1.82, 2.24) is 14.5 Å². The van der Waals surface area contributed by atoms with Gasteiger partial charge in [-0.1, -0.05) is 6.07 Å². The van der Waals surface area contributed by atoms with Crippen molar-refractivity contribution >= 4 is 29.0 Å². The fourth-order valence-electron chi connectivity index (χ4n) is 2.33. The number of aromatic nitrogens is 3. The van der Waals surface area contributed by atoms with E-state index >= 15 is 0 Å². The van der Waals surface area contributed by atoms with Crippen molar-refractivity contribution in [3.63, 3.8) is 0 Å². The summed E-state index contributed by atoms with van der Waals surface area (Å²) in [4.78, 5) is 19.2. The highest BCUT2D eigenvalue weighted by Gasteiger charge is 2.28. The first-order valence-corrected chi connectivity index (χ1v) is 7.22. The van der Waals surface area contributed by atoms with Gasteiger partial charge in [-0.2, -0.15) is 13.2 Å². The van der Waals surface area contributed by atoms with E-state index in [0.29, 0.717) is 16.6 Å². The smallest absolute Gasteiger partial charge is 0.406 e. The van der Waals surface area contributed by atoms with Crippen LogP contribution in [0.15, 0.2) is 42.7 Å². The summed E-state index contributed by atoms with van der Waals surface area (Å²) in [5.41, 5.74) is 1.27. The maximum absolute atomic E-state index is 12.5. The number of rotatable bonds is 4. The molecule has 0 bridgehead atoms. The summed E-state index contributed by atoms with van der Waals surface area (Å²) in [7, 11) is 0. The van der Waals surface area contributed by atoms with Gasteiger partial charge in [0.1, 0.15) is 12.4 Å². The molecule has 0 saturated heterocycles. The van der Waals surface area contributed by atoms with Gasteiger partial charge in [0.05, 0.1) is 16.8 Å². The Morgan fingerprint density at radius 1 is 1.20 bits per heavy atom. The maximum atomic E-state index is 12.5. The van der Waals surface area contributed by atoms with Crippen LogP contribution in [-0.2, 0) is 6.54 Å². The Hall–Kier alpha value is -3.16. The minimum atomic E-state index is -4.33. The molecular weight excluding hydrogens is 335 g/mol. The molecule has 8 heteroatoms. The van der Waals surface area contributed by atoms with Crippen molar-refractivity contribution in [3.8, 4) is 0 Å².